The van der Waals surface area contributed by atoms with Gasteiger partial charge in [-0.1, -0.05) is 36.2 Å². The second-order valence-electron chi connectivity index (χ2n) is 4.00. The van der Waals surface area contributed by atoms with Crippen molar-refractivity contribution < 1.29 is 4.79 Å². The van der Waals surface area contributed by atoms with Gasteiger partial charge in [0.05, 0.1) is 15.7 Å². The Hall–Kier alpha value is -0.770. The van der Waals surface area contributed by atoms with Crippen molar-refractivity contribution in [3.05, 3.63) is 27.7 Å². The van der Waals surface area contributed by atoms with E-state index in [4.69, 9.17) is 23.2 Å². The van der Waals surface area contributed by atoms with Crippen molar-refractivity contribution >= 4 is 34.8 Å². The molecule has 0 radical (unpaired) electrons. The third-order valence-electron chi connectivity index (χ3n) is 2.49. The number of rotatable bonds is 4. The van der Waals surface area contributed by atoms with Crippen LogP contribution in [0.15, 0.2) is 12.1 Å². The lowest BCUT2D eigenvalue weighted by Gasteiger charge is -2.14. The molecule has 3 nitrogen and oxygen atoms in total. The van der Waals surface area contributed by atoms with Gasteiger partial charge < -0.3 is 10.6 Å². The summed E-state index contributed by atoms with van der Waals surface area (Å²) in [7, 11) is 1.80. The van der Waals surface area contributed by atoms with Crippen LogP contribution in [0.25, 0.3) is 0 Å². The van der Waals surface area contributed by atoms with Crippen molar-refractivity contribution in [3.8, 4) is 0 Å². The van der Waals surface area contributed by atoms with E-state index in [1.165, 1.54) is 0 Å². The van der Waals surface area contributed by atoms with Crippen LogP contribution in [-0.4, -0.2) is 19.5 Å². The molecule has 1 aromatic rings. The Labute approximate surface area is 111 Å². The third kappa shape index (κ3) is 3.60. The molecule has 0 spiro atoms. The number of carbonyl (C=O) groups is 1. The molecule has 1 unspecified atom stereocenters. The Morgan fingerprint density at radius 2 is 2.06 bits per heavy atom. The fraction of sp³-hybridized carbons (Fsp3) is 0.417. The molecule has 0 aliphatic rings. The van der Waals surface area contributed by atoms with E-state index in [0.717, 1.165) is 5.56 Å². The average Bonchev–Trinajstić information content (AvgIpc) is 2.29. The average molecular weight is 275 g/mol. The lowest BCUT2D eigenvalue weighted by atomic mass is 10.1. The Morgan fingerprint density at radius 1 is 1.41 bits per heavy atom. The summed E-state index contributed by atoms with van der Waals surface area (Å²) in [5, 5.41) is 6.65. The molecule has 2 N–H and O–H groups in total. The zero-order valence-corrected chi connectivity index (χ0v) is 11.6. The number of aryl methyl sites for hydroxylation is 1. The molecule has 0 bridgehead atoms. The Morgan fingerprint density at radius 3 is 2.65 bits per heavy atom. The quantitative estimate of drug-likeness (QED) is 0.886. The number of benzene rings is 1. The normalized spacial score (nSPS) is 12.3. The molecule has 17 heavy (non-hydrogen) atoms. The molecule has 0 saturated heterocycles. The fourth-order valence-corrected chi connectivity index (χ4v) is 1.88. The number of nitrogens with one attached hydrogen (secondary N) is 2. The number of halogens is 2. The van der Waals surface area contributed by atoms with Gasteiger partial charge in [0.25, 0.3) is 0 Å². The summed E-state index contributed by atoms with van der Waals surface area (Å²) >= 11 is 12.1. The van der Waals surface area contributed by atoms with Gasteiger partial charge in [-0.3, -0.25) is 4.79 Å². The summed E-state index contributed by atoms with van der Waals surface area (Å²) in [6.45, 7) is 4.31. The molecular formula is C12H16Cl2N2O. The molecule has 1 rings (SSSR count). The summed E-state index contributed by atoms with van der Waals surface area (Å²) in [5.41, 5.74) is 1.37. The first-order chi connectivity index (χ1) is 7.97. The second-order valence-corrected chi connectivity index (χ2v) is 4.79. The van der Waals surface area contributed by atoms with Crippen molar-refractivity contribution in [1.82, 2.24) is 5.32 Å². The van der Waals surface area contributed by atoms with Gasteiger partial charge in [0.1, 0.15) is 0 Å². The molecule has 1 amide bonds. The van der Waals surface area contributed by atoms with Crippen molar-refractivity contribution in [2.45, 2.75) is 13.8 Å². The maximum absolute atomic E-state index is 11.8. The van der Waals surface area contributed by atoms with Gasteiger partial charge >= 0.3 is 0 Å². The Bertz CT molecular complexity index is 421. The zero-order valence-electron chi connectivity index (χ0n) is 10.1. The highest BCUT2D eigenvalue weighted by molar-refractivity contribution is 6.40. The summed E-state index contributed by atoms with van der Waals surface area (Å²) in [5.74, 6) is -0.249. The van der Waals surface area contributed by atoms with Crippen LogP contribution in [0.2, 0.25) is 10.0 Å². The molecule has 0 aliphatic carbocycles. The van der Waals surface area contributed by atoms with Crippen molar-refractivity contribution in [2.75, 3.05) is 18.9 Å². The zero-order chi connectivity index (χ0) is 13.0. The number of anilines is 1. The maximum Gasteiger partial charge on any atom is 0.228 e. The van der Waals surface area contributed by atoms with Crippen LogP contribution in [0.4, 0.5) is 5.69 Å². The maximum atomic E-state index is 11.8. The summed E-state index contributed by atoms with van der Waals surface area (Å²) in [6.07, 6.45) is 0. The van der Waals surface area contributed by atoms with Crippen LogP contribution in [0, 0.1) is 12.8 Å². The lowest BCUT2D eigenvalue weighted by molar-refractivity contribution is -0.119. The van der Waals surface area contributed by atoms with Gasteiger partial charge in [0.2, 0.25) is 5.91 Å². The minimum atomic E-state index is -0.146. The van der Waals surface area contributed by atoms with E-state index in [0.29, 0.717) is 22.3 Å². The van der Waals surface area contributed by atoms with Gasteiger partial charge in [-0.05, 0) is 25.6 Å². The van der Waals surface area contributed by atoms with E-state index in [-0.39, 0.29) is 11.8 Å². The predicted molar refractivity (Wildman–Crippen MR) is 72.9 cm³/mol. The third-order valence-corrected chi connectivity index (χ3v) is 3.29. The van der Waals surface area contributed by atoms with Crippen LogP contribution < -0.4 is 10.6 Å². The van der Waals surface area contributed by atoms with E-state index < -0.39 is 0 Å². The minimum absolute atomic E-state index is 0.103. The SMILES string of the molecule is CNCC(C)C(=O)Nc1c(Cl)ccc(C)c1Cl. The molecule has 0 aromatic heterocycles. The first kappa shape index (κ1) is 14.3. The predicted octanol–water partition coefficient (Wildman–Crippen LogP) is 3.10. The van der Waals surface area contributed by atoms with Gasteiger partial charge in [-0.2, -0.15) is 0 Å². The van der Waals surface area contributed by atoms with Crippen molar-refractivity contribution in [3.63, 3.8) is 0 Å². The van der Waals surface area contributed by atoms with E-state index in [9.17, 15) is 4.79 Å². The molecule has 0 saturated carbocycles. The van der Waals surface area contributed by atoms with Crippen molar-refractivity contribution in [2.24, 2.45) is 5.92 Å². The molecule has 94 valence electrons. The highest BCUT2D eigenvalue weighted by Crippen LogP contribution is 2.33. The summed E-state index contributed by atoms with van der Waals surface area (Å²) in [4.78, 5) is 11.8. The van der Waals surface area contributed by atoms with Crippen LogP contribution in [0.1, 0.15) is 12.5 Å². The summed E-state index contributed by atoms with van der Waals surface area (Å²) < 4.78 is 0. The summed E-state index contributed by atoms with van der Waals surface area (Å²) in [6, 6.07) is 3.54. The lowest BCUT2D eigenvalue weighted by Crippen LogP contribution is -2.28. The van der Waals surface area contributed by atoms with Gasteiger partial charge in [-0.25, -0.2) is 0 Å². The second kappa shape index (κ2) is 6.24. The minimum Gasteiger partial charge on any atom is -0.323 e. The van der Waals surface area contributed by atoms with Gasteiger partial charge in [0.15, 0.2) is 0 Å². The Kier molecular flexibility index (Phi) is 5.25. The van der Waals surface area contributed by atoms with E-state index >= 15 is 0 Å². The number of amides is 1. The van der Waals surface area contributed by atoms with Crippen LogP contribution in [-0.2, 0) is 4.79 Å². The molecular weight excluding hydrogens is 259 g/mol. The smallest absolute Gasteiger partial charge is 0.228 e. The van der Waals surface area contributed by atoms with Crippen LogP contribution in [0.3, 0.4) is 0 Å². The number of carbonyl (C=O) groups excluding carboxylic acids is 1. The Balaban J connectivity index is 2.88. The molecule has 0 aliphatic heterocycles. The molecule has 0 heterocycles. The van der Waals surface area contributed by atoms with Crippen LogP contribution in [0.5, 0.6) is 0 Å². The van der Waals surface area contributed by atoms with Crippen molar-refractivity contribution in [1.29, 1.82) is 0 Å². The highest BCUT2D eigenvalue weighted by atomic mass is 35.5. The monoisotopic (exact) mass is 274 g/mol. The molecule has 5 heteroatoms. The molecule has 0 fully saturated rings. The van der Waals surface area contributed by atoms with Crippen LogP contribution >= 0.6 is 23.2 Å². The largest absolute Gasteiger partial charge is 0.323 e. The first-order valence-corrected chi connectivity index (χ1v) is 6.13. The number of hydrogen-bond donors (Lipinski definition) is 2. The van der Waals surface area contributed by atoms with Gasteiger partial charge in [0, 0.05) is 12.5 Å². The van der Waals surface area contributed by atoms with Gasteiger partial charge in [-0.15, -0.1) is 0 Å². The first-order valence-electron chi connectivity index (χ1n) is 5.37. The van der Waals surface area contributed by atoms with E-state index in [2.05, 4.69) is 10.6 Å². The van der Waals surface area contributed by atoms with E-state index in [1.807, 2.05) is 19.9 Å². The highest BCUT2D eigenvalue weighted by Gasteiger charge is 2.16. The molecule has 1 atom stereocenters. The number of hydrogen-bond acceptors (Lipinski definition) is 2. The topological polar surface area (TPSA) is 41.1 Å². The fourth-order valence-electron chi connectivity index (χ4n) is 1.42. The molecule has 1 aromatic carbocycles. The van der Waals surface area contributed by atoms with E-state index in [1.54, 1.807) is 13.1 Å². The standard InChI is InChI=1S/C12H16Cl2N2O/c1-7-4-5-9(13)11(10(7)14)16-12(17)8(2)6-15-3/h4-5,8,15H,6H2,1-3H3,(H,16,17).